The number of carbonyl (C=O) groups is 1. The molecule has 1 aliphatic rings. The first-order chi connectivity index (χ1) is 10.2. The van der Waals surface area contributed by atoms with Gasteiger partial charge in [0.05, 0.1) is 6.10 Å². The summed E-state index contributed by atoms with van der Waals surface area (Å²) < 4.78 is 5.70. The lowest BCUT2D eigenvalue weighted by molar-refractivity contribution is -0.152. The summed E-state index contributed by atoms with van der Waals surface area (Å²) in [6.45, 7) is 1.98. The molecule has 1 atom stereocenters. The number of benzene rings is 2. The van der Waals surface area contributed by atoms with Crippen LogP contribution in [0.25, 0.3) is 0 Å². The van der Waals surface area contributed by atoms with Crippen molar-refractivity contribution >= 4 is 5.97 Å². The molecule has 2 nitrogen and oxygen atoms in total. The van der Waals surface area contributed by atoms with E-state index in [1.165, 1.54) is 0 Å². The van der Waals surface area contributed by atoms with E-state index in [9.17, 15) is 4.79 Å². The molecule has 1 aliphatic heterocycles. The monoisotopic (exact) mass is 280 g/mol. The number of cyclic esters (lactones) is 1. The van der Waals surface area contributed by atoms with Crippen LogP contribution in [-0.4, -0.2) is 12.1 Å². The minimum absolute atomic E-state index is 0.00759. The van der Waals surface area contributed by atoms with E-state index in [4.69, 9.17) is 4.74 Å². The summed E-state index contributed by atoms with van der Waals surface area (Å²) in [7, 11) is 0. The van der Waals surface area contributed by atoms with Crippen LogP contribution >= 0.6 is 0 Å². The Morgan fingerprint density at radius 1 is 0.952 bits per heavy atom. The molecule has 0 spiro atoms. The van der Waals surface area contributed by atoms with E-state index < -0.39 is 5.41 Å². The first-order valence-corrected chi connectivity index (χ1v) is 7.55. The molecule has 2 aromatic carbocycles. The molecule has 0 aromatic heterocycles. The second-order valence-electron chi connectivity index (χ2n) is 5.75. The molecule has 1 unspecified atom stereocenters. The van der Waals surface area contributed by atoms with Crippen LogP contribution in [-0.2, 0) is 14.9 Å². The molecule has 2 aromatic rings. The molecule has 3 rings (SSSR count). The summed E-state index contributed by atoms with van der Waals surface area (Å²) in [6.07, 6.45) is 2.69. The molecule has 21 heavy (non-hydrogen) atoms. The van der Waals surface area contributed by atoms with Gasteiger partial charge >= 0.3 is 5.97 Å². The lowest BCUT2D eigenvalue weighted by atomic mass is 9.71. The van der Waals surface area contributed by atoms with Crippen LogP contribution < -0.4 is 0 Å². The standard InChI is InChI=1S/C19H20O2/c1-15-9-8-14-19(18(20)21-15,16-10-4-2-5-11-16)17-12-6-3-7-13-17/h2-7,10-13,15H,8-9,14H2,1H3. The largest absolute Gasteiger partial charge is 0.462 e. The number of hydrogen-bond acceptors (Lipinski definition) is 2. The molecule has 1 saturated heterocycles. The van der Waals surface area contributed by atoms with Crippen LogP contribution in [0.4, 0.5) is 0 Å². The van der Waals surface area contributed by atoms with Crippen LogP contribution in [0.15, 0.2) is 60.7 Å². The average Bonchev–Trinajstić information content (AvgIpc) is 2.68. The molecular weight excluding hydrogens is 260 g/mol. The number of esters is 1. The van der Waals surface area contributed by atoms with Crippen molar-refractivity contribution in [1.29, 1.82) is 0 Å². The highest BCUT2D eigenvalue weighted by molar-refractivity contribution is 5.88. The van der Waals surface area contributed by atoms with Crippen molar-refractivity contribution in [2.45, 2.75) is 37.7 Å². The van der Waals surface area contributed by atoms with Crippen LogP contribution in [0.2, 0.25) is 0 Å². The Kier molecular flexibility index (Phi) is 3.78. The molecule has 108 valence electrons. The average molecular weight is 280 g/mol. The fraction of sp³-hybridized carbons (Fsp3) is 0.316. The molecule has 0 aliphatic carbocycles. The molecule has 1 fully saturated rings. The highest BCUT2D eigenvalue weighted by Crippen LogP contribution is 2.40. The first-order valence-electron chi connectivity index (χ1n) is 7.55. The van der Waals surface area contributed by atoms with Crippen molar-refractivity contribution in [1.82, 2.24) is 0 Å². The second kappa shape index (κ2) is 5.72. The summed E-state index contributed by atoms with van der Waals surface area (Å²) in [5, 5.41) is 0. The van der Waals surface area contributed by atoms with Gasteiger partial charge in [0.15, 0.2) is 0 Å². The molecule has 0 saturated carbocycles. The third-order valence-corrected chi connectivity index (χ3v) is 4.35. The summed E-state index contributed by atoms with van der Waals surface area (Å²) in [5.74, 6) is -0.120. The zero-order chi connectivity index (χ0) is 14.7. The highest BCUT2D eigenvalue weighted by atomic mass is 16.5. The van der Waals surface area contributed by atoms with Crippen molar-refractivity contribution in [2.24, 2.45) is 0 Å². The van der Waals surface area contributed by atoms with E-state index in [1.54, 1.807) is 0 Å². The van der Waals surface area contributed by atoms with Gasteiger partial charge in [-0.2, -0.15) is 0 Å². The van der Waals surface area contributed by atoms with Crippen LogP contribution in [0, 0.1) is 0 Å². The predicted molar refractivity (Wildman–Crippen MR) is 83.1 cm³/mol. The van der Waals surface area contributed by atoms with Gasteiger partial charge in [-0.25, -0.2) is 0 Å². The molecule has 2 heteroatoms. The Labute approximate surface area is 125 Å². The summed E-state index contributed by atoms with van der Waals surface area (Å²) >= 11 is 0. The minimum atomic E-state index is -0.673. The van der Waals surface area contributed by atoms with Crippen LogP contribution in [0.5, 0.6) is 0 Å². The van der Waals surface area contributed by atoms with Gasteiger partial charge in [-0.05, 0) is 37.3 Å². The van der Waals surface area contributed by atoms with Gasteiger partial charge in [0.2, 0.25) is 0 Å². The number of hydrogen-bond donors (Lipinski definition) is 0. The zero-order valence-electron chi connectivity index (χ0n) is 12.3. The quantitative estimate of drug-likeness (QED) is 0.775. The Bertz CT molecular complexity index is 564. The number of carbonyl (C=O) groups excluding carboxylic acids is 1. The van der Waals surface area contributed by atoms with Crippen molar-refractivity contribution in [3.05, 3.63) is 71.8 Å². The van der Waals surface area contributed by atoms with E-state index in [2.05, 4.69) is 0 Å². The topological polar surface area (TPSA) is 26.3 Å². The van der Waals surface area contributed by atoms with Gasteiger partial charge < -0.3 is 4.74 Å². The highest BCUT2D eigenvalue weighted by Gasteiger charge is 2.45. The molecule has 0 bridgehead atoms. The maximum absolute atomic E-state index is 12.9. The third-order valence-electron chi connectivity index (χ3n) is 4.35. The van der Waals surface area contributed by atoms with Crippen LogP contribution in [0.1, 0.15) is 37.3 Å². The van der Waals surface area contributed by atoms with Crippen molar-refractivity contribution in [3.63, 3.8) is 0 Å². The van der Waals surface area contributed by atoms with E-state index >= 15 is 0 Å². The SMILES string of the molecule is CC1CCCC(c2ccccc2)(c2ccccc2)C(=O)O1. The van der Waals surface area contributed by atoms with Crippen molar-refractivity contribution in [3.8, 4) is 0 Å². The lowest BCUT2D eigenvalue weighted by Gasteiger charge is -2.31. The van der Waals surface area contributed by atoms with Gasteiger partial charge in [-0.1, -0.05) is 60.7 Å². The normalized spacial score (nSPS) is 21.4. The van der Waals surface area contributed by atoms with Gasteiger partial charge in [-0.15, -0.1) is 0 Å². The van der Waals surface area contributed by atoms with E-state index in [-0.39, 0.29) is 12.1 Å². The van der Waals surface area contributed by atoms with Gasteiger partial charge in [0, 0.05) is 0 Å². The molecule has 0 amide bonds. The number of rotatable bonds is 2. The zero-order valence-corrected chi connectivity index (χ0v) is 12.3. The lowest BCUT2D eigenvalue weighted by Crippen LogP contribution is -2.38. The Balaban J connectivity index is 2.18. The molecule has 1 heterocycles. The Morgan fingerprint density at radius 3 is 2.00 bits per heavy atom. The van der Waals surface area contributed by atoms with E-state index in [0.29, 0.717) is 0 Å². The third kappa shape index (κ3) is 2.46. The van der Waals surface area contributed by atoms with E-state index in [1.807, 2.05) is 67.6 Å². The smallest absolute Gasteiger partial charge is 0.321 e. The predicted octanol–water partition coefficient (Wildman–Crippen LogP) is 4.09. The van der Waals surface area contributed by atoms with Gasteiger partial charge in [0.25, 0.3) is 0 Å². The maximum atomic E-state index is 12.9. The summed E-state index contributed by atoms with van der Waals surface area (Å²) in [6, 6.07) is 20.0. The molecular formula is C19H20O2. The maximum Gasteiger partial charge on any atom is 0.321 e. The second-order valence-corrected chi connectivity index (χ2v) is 5.75. The van der Waals surface area contributed by atoms with Crippen molar-refractivity contribution in [2.75, 3.05) is 0 Å². The van der Waals surface area contributed by atoms with Gasteiger partial charge in [0.1, 0.15) is 5.41 Å². The Morgan fingerprint density at radius 2 is 1.48 bits per heavy atom. The summed E-state index contributed by atoms with van der Waals surface area (Å²) in [4.78, 5) is 12.9. The first kappa shape index (κ1) is 13.9. The van der Waals surface area contributed by atoms with Crippen molar-refractivity contribution < 1.29 is 9.53 Å². The number of ether oxygens (including phenoxy) is 1. The fourth-order valence-corrected chi connectivity index (χ4v) is 3.24. The molecule has 0 radical (unpaired) electrons. The summed E-state index contributed by atoms with van der Waals surface area (Å²) in [5.41, 5.74) is 1.37. The minimum Gasteiger partial charge on any atom is -0.462 e. The van der Waals surface area contributed by atoms with Crippen LogP contribution in [0.3, 0.4) is 0 Å². The fourth-order valence-electron chi connectivity index (χ4n) is 3.24. The van der Waals surface area contributed by atoms with E-state index in [0.717, 1.165) is 30.4 Å². The Hall–Kier alpha value is -2.09. The molecule has 0 N–H and O–H groups in total. The van der Waals surface area contributed by atoms with Gasteiger partial charge in [-0.3, -0.25) is 4.79 Å².